The number of hydrogen-bond acceptors (Lipinski definition) is 2. The van der Waals surface area contributed by atoms with E-state index in [1.54, 1.807) is 19.3 Å². The summed E-state index contributed by atoms with van der Waals surface area (Å²) < 4.78 is 0. The second kappa shape index (κ2) is 5.20. The van der Waals surface area contributed by atoms with Gasteiger partial charge in [-0.05, 0) is 81.1 Å². The number of nitrogens with zero attached hydrogens (tertiary/aromatic N) is 1. The number of halogens is 1. The molecule has 19 heavy (non-hydrogen) atoms. The fraction of sp³-hybridized carbons (Fsp3) is 1.00. The highest BCUT2D eigenvalue weighted by molar-refractivity contribution is 5.85. The molecule has 0 aromatic rings. The SMILES string of the molecule is Cl.OCC1CCCN1CC12CC3CC(CC(C3)C1)C2. The van der Waals surface area contributed by atoms with Crippen molar-refractivity contribution < 1.29 is 5.11 Å². The lowest BCUT2D eigenvalue weighted by atomic mass is 9.49. The van der Waals surface area contributed by atoms with Crippen LogP contribution in [0.25, 0.3) is 0 Å². The van der Waals surface area contributed by atoms with Crippen LogP contribution >= 0.6 is 12.4 Å². The van der Waals surface area contributed by atoms with E-state index in [4.69, 9.17) is 0 Å². The first-order chi connectivity index (χ1) is 8.76. The lowest BCUT2D eigenvalue weighted by Crippen LogP contribution is -2.52. The van der Waals surface area contributed by atoms with E-state index >= 15 is 0 Å². The maximum atomic E-state index is 9.51. The summed E-state index contributed by atoms with van der Waals surface area (Å²) in [4.78, 5) is 2.63. The first kappa shape index (κ1) is 14.2. The first-order valence-electron chi connectivity index (χ1n) is 8.11. The Balaban J connectivity index is 0.00000110. The Hall–Kier alpha value is 0.210. The van der Waals surface area contributed by atoms with Crippen molar-refractivity contribution in [1.82, 2.24) is 4.90 Å². The molecule has 0 aromatic heterocycles. The molecule has 0 spiro atoms. The summed E-state index contributed by atoms with van der Waals surface area (Å²) in [5, 5.41) is 9.51. The zero-order valence-electron chi connectivity index (χ0n) is 11.9. The molecule has 1 heterocycles. The van der Waals surface area contributed by atoms with Gasteiger partial charge < -0.3 is 5.11 Å². The summed E-state index contributed by atoms with van der Waals surface area (Å²) in [5.41, 5.74) is 0.659. The number of aliphatic hydroxyl groups excluding tert-OH is 1. The van der Waals surface area contributed by atoms with E-state index in [9.17, 15) is 5.11 Å². The van der Waals surface area contributed by atoms with Gasteiger partial charge >= 0.3 is 0 Å². The molecule has 110 valence electrons. The summed E-state index contributed by atoms with van der Waals surface area (Å²) in [6.07, 6.45) is 11.7. The molecular formula is C16H28ClNO. The van der Waals surface area contributed by atoms with E-state index in [0.29, 0.717) is 18.1 Å². The average Bonchev–Trinajstić information content (AvgIpc) is 2.73. The zero-order chi connectivity index (χ0) is 12.2. The van der Waals surface area contributed by atoms with Crippen LogP contribution < -0.4 is 0 Å². The second-order valence-electron chi connectivity index (χ2n) is 7.87. The van der Waals surface area contributed by atoms with Gasteiger partial charge in [-0.15, -0.1) is 12.4 Å². The van der Waals surface area contributed by atoms with Crippen LogP contribution in [0.2, 0.25) is 0 Å². The minimum atomic E-state index is 0. The molecule has 0 radical (unpaired) electrons. The summed E-state index contributed by atoms with van der Waals surface area (Å²) in [6.45, 7) is 2.93. The van der Waals surface area contributed by atoms with Crippen molar-refractivity contribution in [3.63, 3.8) is 0 Å². The molecule has 2 nitrogen and oxygen atoms in total. The minimum Gasteiger partial charge on any atom is -0.395 e. The molecule has 4 saturated carbocycles. The van der Waals surface area contributed by atoms with E-state index < -0.39 is 0 Å². The molecule has 1 unspecified atom stereocenters. The highest BCUT2D eigenvalue weighted by atomic mass is 35.5. The van der Waals surface area contributed by atoms with Crippen LogP contribution in [0.1, 0.15) is 51.4 Å². The van der Waals surface area contributed by atoms with E-state index in [-0.39, 0.29) is 12.4 Å². The van der Waals surface area contributed by atoms with E-state index in [1.165, 1.54) is 45.2 Å². The molecule has 0 amide bonds. The monoisotopic (exact) mass is 285 g/mol. The zero-order valence-corrected chi connectivity index (χ0v) is 12.7. The van der Waals surface area contributed by atoms with Gasteiger partial charge in [0.05, 0.1) is 6.61 Å². The van der Waals surface area contributed by atoms with Crippen LogP contribution in [-0.4, -0.2) is 35.7 Å². The Bertz CT molecular complexity index is 297. The maximum absolute atomic E-state index is 9.51. The van der Waals surface area contributed by atoms with Crippen molar-refractivity contribution in [3.05, 3.63) is 0 Å². The Morgan fingerprint density at radius 2 is 1.58 bits per heavy atom. The van der Waals surface area contributed by atoms with Crippen molar-refractivity contribution in [2.24, 2.45) is 23.2 Å². The number of hydrogen-bond donors (Lipinski definition) is 1. The molecular weight excluding hydrogens is 258 g/mol. The molecule has 4 aliphatic carbocycles. The topological polar surface area (TPSA) is 23.5 Å². The number of aliphatic hydroxyl groups is 1. The van der Waals surface area contributed by atoms with Crippen LogP contribution in [0.15, 0.2) is 0 Å². The van der Waals surface area contributed by atoms with Gasteiger partial charge in [-0.3, -0.25) is 4.90 Å². The average molecular weight is 286 g/mol. The van der Waals surface area contributed by atoms with Crippen molar-refractivity contribution in [2.75, 3.05) is 19.7 Å². The second-order valence-corrected chi connectivity index (χ2v) is 7.87. The predicted molar refractivity (Wildman–Crippen MR) is 79.5 cm³/mol. The molecule has 1 N–H and O–H groups in total. The van der Waals surface area contributed by atoms with Crippen molar-refractivity contribution in [2.45, 2.75) is 57.4 Å². The van der Waals surface area contributed by atoms with Gasteiger partial charge in [0.25, 0.3) is 0 Å². The molecule has 5 rings (SSSR count). The quantitative estimate of drug-likeness (QED) is 0.861. The van der Waals surface area contributed by atoms with Gasteiger partial charge in [0.15, 0.2) is 0 Å². The molecule has 4 bridgehead atoms. The van der Waals surface area contributed by atoms with Crippen molar-refractivity contribution >= 4 is 12.4 Å². The smallest absolute Gasteiger partial charge is 0.0586 e. The first-order valence-corrected chi connectivity index (χ1v) is 8.11. The fourth-order valence-corrected chi connectivity index (χ4v) is 6.22. The number of likely N-dealkylation sites (tertiary alicyclic amines) is 1. The van der Waals surface area contributed by atoms with Crippen LogP contribution in [-0.2, 0) is 0 Å². The van der Waals surface area contributed by atoms with Gasteiger partial charge in [0.1, 0.15) is 0 Å². The molecule has 1 saturated heterocycles. The normalized spacial score (nSPS) is 48.5. The Morgan fingerprint density at radius 1 is 1.00 bits per heavy atom. The highest BCUT2D eigenvalue weighted by Crippen LogP contribution is 2.60. The van der Waals surface area contributed by atoms with Gasteiger partial charge in [-0.1, -0.05) is 0 Å². The van der Waals surface area contributed by atoms with Crippen LogP contribution in [0.3, 0.4) is 0 Å². The summed E-state index contributed by atoms with van der Waals surface area (Å²) in [7, 11) is 0. The molecule has 5 fully saturated rings. The highest BCUT2D eigenvalue weighted by Gasteiger charge is 2.51. The van der Waals surface area contributed by atoms with E-state index in [2.05, 4.69) is 4.90 Å². The van der Waals surface area contributed by atoms with Crippen LogP contribution in [0.5, 0.6) is 0 Å². The maximum Gasteiger partial charge on any atom is 0.0586 e. The summed E-state index contributed by atoms with van der Waals surface area (Å²) in [5.74, 6) is 3.18. The summed E-state index contributed by atoms with van der Waals surface area (Å²) >= 11 is 0. The Labute approximate surface area is 123 Å². The molecule has 1 atom stereocenters. The molecule has 0 aromatic carbocycles. The third-order valence-electron chi connectivity index (χ3n) is 6.41. The Morgan fingerprint density at radius 3 is 2.11 bits per heavy atom. The molecule has 1 aliphatic heterocycles. The van der Waals surface area contributed by atoms with Gasteiger partial charge in [-0.2, -0.15) is 0 Å². The lowest BCUT2D eigenvalue weighted by molar-refractivity contribution is -0.0725. The van der Waals surface area contributed by atoms with Gasteiger partial charge in [-0.25, -0.2) is 0 Å². The van der Waals surface area contributed by atoms with Gasteiger partial charge in [0.2, 0.25) is 0 Å². The Kier molecular flexibility index (Phi) is 3.87. The van der Waals surface area contributed by atoms with E-state index in [1.807, 2.05) is 0 Å². The van der Waals surface area contributed by atoms with Crippen molar-refractivity contribution in [3.8, 4) is 0 Å². The van der Waals surface area contributed by atoms with Gasteiger partial charge in [0, 0.05) is 12.6 Å². The molecule has 5 aliphatic rings. The fourth-order valence-electron chi connectivity index (χ4n) is 6.22. The standard InChI is InChI=1S/C16H27NO.ClH/c18-10-15-2-1-3-17(15)11-16-7-12-4-13(8-16)6-14(5-12)9-16;/h12-15,18H,1-11H2;1H. The van der Waals surface area contributed by atoms with Crippen LogP contribution in [0.4, 0.5) is 0 Å². The van der Waals surface area contributed by atoms with E-state index in [0.717, 1.165) is 17.8 Å². The molecule has 3 heteroatoms. The van der Waals surface area contributed by atoms with Crippen molar-refractivity contribution in [1.29, 1.82) is 0 Å². The third kappa shape index (κ3) is 2.45. The van der Waals surface area contributed by atoms with Crippen LogP contribution in [0, 0.1) is 23.2 Å². The summed E-state index contributed by atoms with van der Waals surface area (Å²) in [6, 6.07) is 0.484. The predicted octanol–water partition coefficient (Wildman–Crippen LogP) is 3.08. The third-order valence-corrected chi connectivity index (χ3v) is 6.41. The number of rotatable bonds is 3. The minimum absolute atomic E-state index is 0. The largest absolute Gasteiger partial charge is 0.395 e. The lowest BCUT2D eigenvalue weighted by Gasteiger charge is -2.58.